The normalized spacial score (nSPS) is 12.6. The molecule has 2 atom stereocenters. The molecule has 1 amide bonds. The highest BCUT2D eigenvalue weighted by atomic mass is 16.5. The zero-order valence-electron chi connectivity index (χ0n) is 47.5. The van der Waals surface area contributed by atoms with E-state index in [1.807, 2.05) is 0 Å². The first kappa shape index (κ1) is 68.6. The zero-order valence-corrected chi connectivity index (χ0v) is 47.5. The first-order valence-electron chi connectivity index (χ1n) is 31.9. The third kappa shape index (κ3) is 55.9. The highest BCUT2D eigenvalue weighted by Crippen LogP contribution is 2.18. The average molecular weight is 989 g/mol. The number of carbonyl (C=O) groups excluding carboxylic acids is 2. The fraction of sp³-hybridized carbons (Fsp3) is 0.938. The van der Waals surface area contributed by atoms with Crippen LogP contribution in [0.5, 0.6) is 0 Å². The molecule has 0 aromatic heterocycles. The number of rotatable bonds is 60. The van der Waals surface area contributed by atoms with Gasteiger partial charge in [-0.25, -0.2) is 0 Å². The fourth-order valence-electron chi connectivity index (χ4n) is 10.2. The number of amides is 1. The molecule has 0 spiro atoms. The van der Waals surface area contributed by atoms with E-state index in [1.165, 1.54) is 276 Å². The van der Waals surface area contributed by atoms with Crippen LogP contribution >= 0.6 is 0 Å². The summed E-state index contributed by atoms with van der Waals surface area (Å²) in [4.78, 5) is 24.6. The molecule has 0 heterocycles. The Hall–Kier alpha value is -1.40. The van der Waals surface area contributed by atoms with Crippen molar-refractivity contribution in [3.05, 3.63) is 12.2 Å². The fourth-order valence-corrected chi connectivity index (χ4v) is 10.2. The Morgan fingerprint density at radius 3 is 1.01 bits per heavy atom. The lowest BCUT2D eigenvalue weighted by molar-refractivity contribution is -0.143. The third-order valence-corrected chi connectivity index (χ3v) is 15.1. The van der Waals surface area contributed by atoms with E-state index < -0.39 is 12.1 Å². The van der Waals surface area contributed by atoms with Crippen LogP contribution in [0.2, 0.25) is 0 Å². The van der Waals surface area contributed by atoms with E-state index in [4.69, 9.17) is 4.74 Å². The quantitative estimate of drug-likeness (QED) is 0.0321. The smallest absolute Gasteiger partial charge is 0.305 e. The molecule has 0 bridgehead atoms. The van der Waals surface area contributed by atoms with Gasteiger partial charge in [-0.3, -0.25) is 9.59 Å². The van der Waals surface area contributed by atoms with Crippen LogP contribution in [0.25, 0.3) is 0 Å². The minimum absolute atomic E-state index is 0.00591. The minimum Gasteiger partial charge on any atom is -0.466 e. The molecule has 0 radical (unpaired) electrons. The summed E-state index contributed by atoms with van der Waals surface area (Å²) in [5, 5.41) is 23.4. The van der Waals surface area contributed by atoms with E-state index in [9.17, 15) is 19.8 Å². The van der Waals surface area contributed by atoms with Crippen molar-refractivity contribution in [2.75, 3.05) is 13.2 Å². The number of unbranched alkanes of at least 4 members (excludes halogenated alkanes) is 47. The van der Waals surface area contributed by atoms with Crippen molar-refractivity contribution in [1.29, 1.82) is 0 Å². The van der Waals surface area contributed by atoms with Gasteiger partial charge in [0.25, 0.3) is 0 Å². The van der Waals surface area contributed by atoms with Crippen molar-refractivity contribution in [3.8, 4) is 0 Å². The first-order valence-corrected chi connectivity index (χ1v) is 31.9. The van der Waals surface area contributed by atoms with Gasteiger partial charge in [0.15, 0.2) is 0 Å². The predicted molar refractivity (Wildman–Crippen MR) is 306 cm³/mol. The molecule has 0 saturated carbocycles. The summed E-state index contributed by atoms with van der Waals surface area (Å²) >= 11 is 0. The molecule has 0 saturated heterocycles. The Labute approximate surface area is 438 Å². The van der Waals surface area contributed by atoms with Gasteiger partial charge in [0.2, 0.25) is 5.91 Å². The molecule has 0 aromatic carbocycles. The maximum atomic E-state index is 12.5. The van der Waals surface area contributed by atoms with Crippen LogP contribution < -0.4 is 5.32 Å². The number of ether oxygens (including phenoxy) is 1. The SMILES string of the molecule is CCCCCCCC/C=C\CCCCCCCC(=O)OCCCCCCCCCCCCCCCCCC(=O)NC(CO)C(O)CCCCCCCCCCCCCCCCCCCCCCCCC. The summed E-state index contributed by atoms with van der Waals surface area (Å²) < 4.78 is 5.48. The second kappa shape index (κ2) is 60.2. The standard InChI is InChI=1S/C64H125NO5/c1-3-5-7-9-11-13-15-17-19-20-21-22-23-24-25-26-29-32-36-40-44-48-52-56-62(67)61(60-66)65-63(68)57-53-49-45-41-37-33-30-27-31-35-39-43-47-51-55-59-70-64(69)58-54-50-46-42-38-34-28-18-16-14-12-10-8-6-4-2/h18,28,61-62,66-67H,3-17,19-27,29-60H2,1-2H3,(H,65,68)/b28-18-. The number of aliphatic hydroxyl groups excluding tert-OH is 2. The molecule has 0 aliphatic carbocycles. The number of hydrogen-bond acceptors (Lipinski definition) is 5. The van der Waals surface area contributed by atoms with Gasteiger partial charge >= 0.3 is 5.97 Å². The van der Waals surface area contributed by atoms with Gasteiger partial charge in [0, 0.05) is 12.8 Å². The van der Waals surface area contributed by atoms with Gasteiger partial charge in [-0.2, -0.15) is 0 Å². The Morgan fingerprint density at radius 2 is 0.671 bits per heavy atom. The Balaban J connectivity index is 3.42. The number of hydrogen-bond donors (Lipinski definition) is 3. The van der Waals surface area contributed by atoms with Gasteiger partial charge in [0.1, 0.15) is 0 Å². The third-order valence-electron chi connectivity index (χ3n) is 15.1. The molecule has 416 valence electrons. The van der Waals surface area contributed by atoms with E-state index in [0.29, 0.717) is 25.9 Å². The molecule has 0 fully saturated rings. The summed E-state index contributed by atoms with van der Waals surface area (Å²) in [7, 11) is 0. The van der Waals surface area contributed by atoms with Crippen LogP contribution in [0.3, 0.4) is 0 Å². The van der Waals surface area contributed by atoms with Crippen LogP contribution in [0.4, 0.5) is 0 Å². The second-order valence-electron chi connectivity index (χ2n) is 22.1. The molecule has 3 N–H and O–H groups in total. The van der Waals surface area contributed by atoms with Crippen molar-refractivity contribution in [1.82, 2.24) is 5.32 Å². The number of carbonyl (C=O) groups is 2. The number of nitrogens with one attached hydrogen (secondary N) is 1. The molecule has 0 aromatic rings. The molecular formula is C64H125NO5. The highest BCUT2D eigenvalue weighted by Gasteiger charge is 2.20. The topological polar surface area (TPSA) is 95.9 Å². The molecular weight excluding hydrogens is 863 g/mol. The van der Waals surface area contributed by atoms with E-state index in [1.54, 1.807) is 0 Å². The lowest BCUT2D eigenvalue weighted by Crippen LogP contribution is -2.45. The van der Waals surface area contributed by atoms with Crippen molar-refractivity contribution < 1.29 is 24.5 Å². The van der Waals surface area contributed by atoms with Crippen molar-refractivity contribution in [2.24, 2.45) is 0 Å². The largest absolute Gasteiger partial charge is 0.466 e. The van der Waals surface area contributed by atoms with Crippen molar-refractivity contribution in [2.45, 2.75) is 373 Å². The molecule has 6 heteroatoms. The van der Waals surface area contributed by atoms with Gasteiger partial charge in [0.05, 0.1) is 25.4 Å². The maximum absolute atomic E-state index is 12.5. The molecule has 2 unspecified atom stereocenters. The minimum atomic E-state index is -0.671. The zero-order chi connectivity index (χ0) is 50.7. The lowest BCUT2D eigenvalue weighted by atomic mass is 10.0. The predicted octanol–water partition coefficient (Wildman–Crippen LogP) is 20.0. The monoisotopic (exact) mass is 988 g/mol. The highest BCUT2D eigenvalue weighted by molar-refractivity contribution is 5.76. The molecule has 0 rings (SSSR count). The van der Waals surface area contributed by atoms with Gasteiger partial charge in [-0.1, -0.05) is 309 Å². The van der Waals surface area contributed by atoms with Crippen molar-refractivity contribution >= 4 is 11.9 Å². The van der Waals surface area contributed by atoms with Crippen LogP contribution in [-0.2, 0) is 14.3 Å². The van der Waals surface area contributed by atoms with Gasteiger partial charge in [-0.15, -0.1) is 0 Å². The number of aliphatic hydroxyl groups is 2. The Morgan fingerprint density at radius 1 is 0.386 bits per heavy atom. The molecule has 0 aliphatic rings. The van der Waals surface area contributed by atoms with Gasteiger partial charge in [-0.05, 0) is 51.4 Å². The molecule has 6 nitrogen and oxygen atoms in total. The molecule has 70 heavy (non-hydrogen) atoms. The van der Waals surface area contributed by atoms with Crippen LogP contribution in [0.1, 0.15) is 361 Å². The molecule has 0 aliphatic heterocycles. The van der Waals surface area contributed by atoms with Crippen LogP contribution in [0.15, 0.2) is 12.2 Å². The van der Waals surface area contributed by atoms with Crippen LogP contribution in [-0.4, -0.2) is 47.4 Å². The van der Waals surface area contributed by atoms with E-state index in [0.717, 1.165) is 51.4 Å². The summed E-state index contributed by atoms with van der Waals surface area (Å²) in [5.74, 6) is -0.0453. The average Bonchev–Trinajstić information content (AvgIpc) is 3.36. The summed E-state index contributed by atoms with van der Waals surface area (Å²) in [6.07, 6.45) is 72.2. The summed E-state index contributed by atoms with van der Waals surface area (Å²) in [6.45, 7) is 4.96. The number of allylic oxidation sites excluding steroid dienone is 2. The van der Waals surface area contributed by atoms with Gasteiger partial charge < -0.3 is 20.3 Å². The summed E-state index contributed by atoms with van der Waals surface area (Å²) in [6, 6.07) is -0.549. The summed E-state index contributed by atoms with van der Waals surface area (Å²) in [5.41, 5.74) is 0. The Kier molecular flexibility index (Phi) is 59.0. The second-order valence-corrected chi connectivity index (χ2v) is 22.1. The first-order chi connectivity index (χ1) is 34.5. The van der Waals surface area contributed by atoms with E-state index in [2.05, 4.69) is 31.3 Å². The van der Waals surface area contributed by atoms with E-state index in [-0.39, 0.29) is 18.5 Å². The van der Waals surface area contributed by atoms with Crippen LogP contribution in [0, 0.1) is 0 Å². The Bertz CT molecular complexity index is 1050. The maximum Gasteiger partial charge on any atom is 0.305 e. The lowest BCUT2D eigenvalue weighted by Gasteiger charge is -2.22. The van der Waals surface area contributed by atoms with E-state index >= 15 is 0 Å². The van der Waals surface area contributed by atoms with Crippen molar-refractivity contribution in [3.63, 3.8) is 0 Å². The number of esters is 1.